The maximum Gasteiger partial charge on any atom is 0.253 e. The van der Waals surface area contributed by atoms with Gasteiger partial charge >= 0.3 is 0 Å². The van der Waals surface area contributed by atoms with Gasteiger partial charge in [0.15, 0.2) is 0 Å². The largest absolute Gasteiger partial charge is 0.341 e. The lowest BCUT2D eigenvalue weighted by molar-refractivity contribution is 0.0958. The zero-order valence-corrected chi connectivity index (χ0v) is 7.24. The summed E-state index contributed by atoms with van der Waals surface area (Å²) in [4.78, 5) is 11.3. The summed E-state index contributed by atoms with van der Waals surface area (Å²) in [5.74, 6) is 5.23. The van der Waals surface area contributed by atoms with E-state index < -0.39 is 0 Å². The third-order valence-electron chi connectivity index (χ3n) is 1.36. The molecule has 0 radical (unpaired) electrons. The molecular formula is C9H9N3O. The van der Waals surface area contributed by atoms with Gasteiger partial charge in [-0.3, -0.25) is 4.79 Å². The van der Waals surface area contributed by atoms with Crippen LogP contribution in [0.3, 0.4) is 0 Å². The van der Waals surface area contributed by atoms with E-state index in [4.69, 9.17) is 0 Å². The van der Waals surface area contributed by atoms with Crippen molar-refractivity contribution < 1.29 is 4.79 Å². The maximum atomic E-state index is 11.3. The van der Waals surface area contributed by atoms with Gasteiger partial charge in [0.1, 0.15) is 0 Å². The van der Waals surface area contributed by atoms with Gasteiger partial charge in [-0.2, -0.15) is 10.2 Å². The molecule has 0 saturated heterocycles. The second kappa shape index (κ2) is 4.88. The monoisotopic (exact) mass is 175 g/mol. The standard InChI is InChI=1S/C9H9N3O/c1-2-3-5-10-9(13)8-4-6-11-12-7-8/h4,6-7H,5H2,1H3,(H,10,13). The van der Waals surface area contributed by atoms with Gasteiger partial charge in [-0.15, -0.1) is 5.92 Å². The summed E-state index contributed by atoms with van der Waals surface area (Å²) >= 11 is 0. The lowest BCUT2D eigenvalue weighted by atomic mass is 10.3. The fraction of sp³-hybridized carbons (Fsp3) is 0.222. The molecular weight excluding hydrogens is 166 g/mol. The molecule has 1 rings (SSSR count). The molecule has 1 aromatic rings. The van der Waals surface area contributed by atoms with E-state index >= 15 is 0 Å². The summed E-state index contributed by atoms with van der Waals surface area (Å²) in [6.07, 6.45) is 2.88. The number of aromatic nitrogens is 2. The van der Waals surface area contributed by atoms with Crippen molar-refractivity contribution in [2.45, 2.75) is 6.92 Å². The second-order valence-corrected chi connectivity index (χ2v) is 2.24. The molecule has 1 amide bonds. The van der Waals surface area contributed by atoms with Crippen molar-refractivity contribution in [3.8, 4) is 11.8 Å². The molecule has 1 heterocycles. The number of carbonyl (C=O) groups excluding carboxylic acids is 1. The molecule has 66 valence electrons. The van der Waals surface area contributed by atoms with Crippen LogP contribution >= 0.6 is 0 Å². The Balaban J connectivity index is 2.53. The molecule has 0 fully saturated rings. The van der Waals surface area contributed by atoms with Gasteiger partial charge in [-0.05, 0) is 13.0 Å². The van der Waals surface area contributed by atoms with Crippen LogP contribution in [-0.2, 0) is 0 Å². The Morgan fingerprint density at radius 2 is 2.46 bits per heavy atom. The minimum Gasteiger partial charge on any atom is -0.341 e. The molecule has 13 heavy (non-hydrogen) atoms. The van der Waals surface area contributed by atoms with Crippen LogP contribution in [-0.4, -0.2) is 22.6 Å². The molecule has 0 saturated carbocycles. The highest BCUT2D eigenvalue weighted by Gasteiger charge is 2.02. The summed E-state index contributed by atoms with van der Waals surface area (Å²) in [6, 6.07) is 1.60. The lowest BCUT2D eigenvalue weighted by Gasteiger charge is -1.98. The number of hydrogen-bond acceptors (Lipinski definition) is 3. The molecule has 0 spiro atoms. The van der Waals surface area contributed by atoms with E-state index in [2.05, 4.69) is 27.4 Å². The van der Waals surface area contributed by atoms with Crippen molar-refractivity contribution in [2.24, 2.45) is 0 Å². The van der Waals surface area contributed by atoms with Gasteiger partial charge in [0.25, 0.3) is 5.91 Å². The number of hydrogen-bond donors (Lipinski definition) is 1. The smallest absolute Gasteiger partial charge is 0.253 e. The summed E-state index contributed by atoms with van der Waals surface area (Å²) in [6.45, 7) is 2.08. The number of nitrogens with one attached hydrogen (secondary N) is 1. The molecule has 0 aliphatic heterocycles. The van der Waals surface area contributed by atoms with E-state index in [0.29, 0.717) is 12.1 Å². The summed E-state index contributed by atoms with van der Waals surface area (Å²) in [5.41, 5.74) is 0.493. The maximum absolute atomic E-state index is 11.3. The predicted molar refractivity (Wildman–Crippen MR) is 47.8 cm³/mol. The molecule has 0 aliphatic rings. The highest BCUT2D eigenvalue weighted by molar-refractivity contribution is 5.93. The topological polar surface area (TPSA) is 54.9 Å². The molecule has 1 N–H and O–H groups in total. The van der Waals surface area contributed by atoms with Crippen LogP contribution in [0.4, 0.5) is 0 Å². The SMILES string of the molecule is CC#CCNC(=O)c1ccnnc1. The van der Waals surface area contributed by atoms with Gasteiger partial charge in [0.2, 0.25) is 0 Å². The van der Waals surface area contributed by atoms with Crippen LogP contribution in [0.5, 0.6) is 0 Å². The molecule has 4 nitrogen and oxygen atoms in total. The third kappa shape index (κ3) is 2.91. The van der Waals surface area contributed by atoms with E-state index in [0.717, 1.165) is 0 Å². The molecule has 0 atom stereocenters. The molecule has 4 heteroatoms. The average molecular weight is 175 g/mol. The van der Waals surface area contributed by atoms with Crippen LogP contribution in [0.25, 0.3) is 0 Å². The van der Waals surface area contributed by atoms with Gasteiger partial charge in [0.05, 0.1) is 24.5 Å². The predicted octanol–water partition coefficient (Wildman–Crippen LogP) is 0.230. The first-order valence-corrected chi connectivity index (χ1v) is 3.79. The van der Waals surface area contributed by atoms with E-state index in [1.807, 2.05) is 0 Å². The highest BCUT2D eigenvalue weighted by atomic mass is 16.1. The minimum absolute atomic E-state index is 0.183. The third-order valence-corrected chi connectivity index (χ3v) is 1.36. The Bertz CT molecular complexity index is 337. The van der Waals surface area contributed by atoms with E-state index in [1.54, 1.807) is 13.0 Å². The molecule has 0 aromatic carbocycles. The van der Waals surface area contributed by atoms with Crippen LogP contribution in [0, 0.1) is 11.8 Å². The first-order chi connectivity index (χ1) is 6.34. The number of nitrogens with zero attached hydrogens (tertiary/aromatic N) is 2. The Morgan fingerprint density at radius 3 is 3.08 bits per heavy atom. The summed E-state index contributed by atoms with van der Waals surface area (Å²) in [7, 11) is 0. The lowest BCUT2D eigenvalue weighted by Crippen LogP contribution is -2.23. The normalized spacial score (nSPS) is 8.38. The number of rotatable bonds is 2. The van der Waals surface area contributed by atoms with E-state index in [9.17, 15) is 4.79 Å². The Kier molecular flexibility index (Phi) is 3.45. The molecule has 1 aromatic heterocycles. The Morgan fingerprint density at radius 1 is 1.62 bits per heavy atom. The minimum atomic E-state index is -0.183. The van der Waals surface area contributed by atoms with Crippen molar-refractivity contribution in [3.05, 3.63) is 24.0 Å². The van der Waals surface area contributed by atoms with Crippen LogP contribution in [0.1, 0.15) is 17.3 Å². The summed E-state index contributed by atoms with van der Waals surface area (Å²) < 4.78 is 0. The van der Waals surface area contributed by atoms with Gasteiger partial charge in [0, 0.05) is 0 Å². The fourth-order valence-electron chi connectivity index (χ4n) is 0.740. The van der Waals surface area contributed by atoms with Crippen molar-refractivity contribution in [2.75, 3.05) is 6.54 Å². The van der Waals surface area contributed by atoms with Crippen molar-refractivity contribution >= 4 is 5.91 Å². The fourth-order valence-corrected chi connectivity index (χ4v) is 0.740. The summed E-state index contributed by atoms with van der Waals surface area (Å²) in [5, 5.41) is 9.77. The van der Waals surface area contributed by atoms with Crippen molar-refractivity contribution in [1.29, 1.82) is 0 Å². The second-order valence-electron chi connectivity index (χ2n) is 2.24. The van der Waals surface area contributed by atoms with E-state index in [-0.39, 0.29) is 5.91 Å². The average Bonchev–Trinajstić information content (AvgIpc) is 2.19. The van der Waals surface area contributed by atoms with Crippen LogP contribution in [0.2, 0.25) is 0 Å². The Labute approximate surface area is 76.4 Å². The number of amides is 1. The Hall–Kier alpha value is -1.89. The van der Waals surface area contributed by atoms with Crippen molar-refractivity contribution in [3.63, 3.8) is 0 Å². The first-order valence-electron chi connectivity index (χ1n) is 3.79. The number of carbonyl (C=O) groups is 1. The van der Waals surface area contributed by atoms with Crippen LogP contribution in [0.15, 0.2) is 18.5 Å². The van der Waals surface area contributed by atoms with Crippen LogP contribution < -0.4 is 5.32 Å². The molecule has 0 bridgehead atoms. The molecule has 0 aliphatic carbocycles. The van der Waals surface area contributed by atoms with Gasteiger partial charge < -0.3 is 5.32 Å². The van der Waals surface area contributed by atoms with Gasteiger partial charge in [-0.1, -0.05) is 5.92 Å². The first kappa shape index (κ1) is 9.20. The molecule has 0 unspecified atom stereocenters. The zero-order valence-electron chi connectivity index (χ0n) is 7.24. The highest BCUT2D eigenvalue weighted by Crippen LogP contribution is 1.91. The zero-order chi connectivity index (χ0) is 9.52. The van der Waals surface area contributed by atoms with Gasteiger partial charge in [-0.25, -0.2) is 0 Å². The quantitative estimate of drug-likeness (QED) is 0.654. The van der Waals surface area contributed by atoms with E-state index in [1.165, 1.54) is 12.4 Å². The van der Waals surface area contributed by atoms with Crippen molar-refractivity contribution in [1.82, 2.24) is 15.5 Å².